The van der Waals surface area contributed by atoms with Crippen molar-refractivity contribution < 1.29 is 4.79 Å². The first-order valence-electron chi connectivity index (χ1n) is 12.0. The average Bonchev–Trinajstić information content (AvgIpc) is 3.18. The maximum Gasteiger partial charge on any atom is 0.192 e. The molecule has 4 aromatic rings. The Kier molecular flexibility index (Phi) is 5.54. The summed E-state index contributed by atoms with van der Waals surface area (Å²) >= 11 is 1.77. The minimum absolute atomic E-state index is 0.141. The third kappa shape index (κ3) is 3.60. The van der Waals surface area contributed by atoms with Crippen molar-refractivity contribution in [3.8, 4) is 0 Å². The molecule has 2 aliphatic rings. The molecular formula is C31H26N2OS. The molecule has 0 N–H and O–H groups in total. The molecule has 4 heteroatoms. The van der Waals surface area contributed by atoms with E-state index in [0.29, 0.717) is 6.42 Å². The van der Waals surface area contributed by atoms with Crippen LogP contribution in [-0.4, -0.2) is 22.8 Å². The Morgan fingerprint density at radius 2 is 1.49 bits per heavy atom. The fourth-order valence-corrected chi connectivity index (χ4v) is 6.53. The number of aryl methyl sites for hydroxylation is 1. The highest BCUT2D eigenvalue weighted by atomic mass is 32.2. The highest BCUT2D eigenvalue weighted by Gasteiger charge is 2.58. The monoisotopic (exact) mass is 474 g/mol. The van der Waals surface area contributed by atoms with Crippen LogP contribution in [0.25, 0.3) is 0 Å². The summed E-state index contributed by atoms with van der Waals surface area (Å²) in [6.45, 7) is 2.10. The number of hydrazone groups is 1. The van der Waals surface area contributed by atoms with Crippen molar-refractivity contribution in [3.05, 3.63) is 131 Å². The molecule has 2 aliphatic heterocycles. The summed E-state index contributed by atoms with van der Waals surface area (Å²) in [6.07, 6.45) is 0.693. The molecule has 0 aromatic heterocycles. The molecule has 35 heavy (non-hydrogen) atoms. The molecule has 2 heterocycles. The molecule has 2 atom stereocenters. The lowest BCUT2D eigenvalue weighted by Gasteiger charge is -2.40. The molecule has 0 aliphatic carbocycles. The van der Waals surface area contributed by atoms with E-state index in [-0.39, 0.29) is 11.7 Å². The van der Waals surface area contributed by atoms with Gasteiger partial charge in [-0.2, -0.15) is 5.10 Å². The fraction of sp³-hybridized carbons (Fsp3) is 0.161. The van der Waals surface area contributed by atoms with Gasteiger partial charge in [0.15, 0.2) is 5.78 Å². The number of fused-ring (bicyclic) bond motifs is 1. The predicted octanol–water partition coefficient (Wildman–Crippen LogP) is 7.12. The largest absolute Gasteiger partial charge is 0.291 e. The standard InChI is InChI=1S/C31H26N2OS/c1-22-16-18-23(19-17-22)28-29(24-10-4-2-5-11-24)32-33(25-12-6-3-7-13-25)31(28)20-21-35-27-15-9-8-14-26(27)30(31)34/h2-19,28H,20-21H2,1H3/t28-,31-/m1/s1. The molecule has 1 spiro atoms. The van der Waals surface area contributed by atoms with Gasteiger partial charge in [-0.25, -0.2) is 0 Å². The lowest BCUT2D eigenvalue weighted by molar-refractivity contribution is 0.0874. The van der Waals surface area contributed by atoms with Gasteiger partial charge in [-0.05, 0) is 42.7 Å². The van der Waals surface area contributed by atoms with Gasteiger partial charge in [-0.3, -0.25) is 9.80 Å². The van der Waals surface area contributed by atoms with Crippen LogP contribution in [0.4, 0.5) is 5.69 Å². The predicted molar refractivity (Wildman–Crippen MR) is 145 cm³/mol. The number of hydrogen-bond donors (Lipinski definition) is 0. The molecule has 0 radical (unpaired) electrons. The van der Waals surface area contributed by atoms with Gasteiger partial charge in [0.2, 0.25) is 0 Å². The Morgan fingerprint density at radius 3 is 2.23 bits per heavy atom. The first kappa shape index (κ1) is 21.9. The maximum absolute atomic E-state index is 14.7. The van der Waals surface area contributed by atoms with E-state index in [2.05, 4.69) is 61.5 Å². The van der Waals surface area contributed by atoms with E-state index in [9.17, 15) is 4.79 Å². The molecule has 0 bridgehead atoms. The number of nitrogens with zero attached hydrogens (tertiary/aromatic N) is 2. The van der Waals surface area contributed by atoms with Crippen molar-refractivity contribution >= 4 is 28.9 Å². The van der Waals surface area contributed by atoms with Crippen LogP contribution in [0.5, 0.6) is 0 Å². The van der Waals surface area contributed by atoms with E-state index >= 15 is 0 Å². The van der Waals surface area contributed by atoms with Crippen LogP contribution >= 0.6 is 11.8 Å². The van der Waals surface area contributed by atoms with Crippen LogP contribution in [0, 0.1) is 6.92 Å². The Bertz CT molecular complexity index is 1400. The molecule has 3 nitrogen and oxygen atoms in total. The van der Waals surface area contributed by atoms with Gasteiger partial charge in [-0.15, -0.1) is 11.8 Å². The number of Topliss-reactive ketones (excluding diaryl/α,β-unsaturated/α-hetero) is 1. The van der Waals surface area contributed by atoms with Crippen LogP contribution < -0.4 is 5.01 Å². The van der Waals surface area contributed by atoms with Gasteiger partial charge in [-0.1, -0.05) is 96.6 Å². The number of thioether (sulfide) groups is 1. The summed E-state index contributed by atoms with van der Waals surface area (Å²) in [5.74, 6) is 0.777. The highest BCUT2D eigenvalue weighted by molar-refractivity contribution is 7.99. The van der Waals surface area contributed by atoms with Crippen LogP contribution in [0.15, 0.2) is 119 Å². The van der Waals surface area contributed by atoms with E-state index in [1.54, 1.807) is 11.8 Å². The van der Waals surface area contributed by atoms with Crippen LogP contribution in [0.3, 0.4) is 0 Å². The topological polar surface area (TPSA) is 32.7 Å². The molecule has 0 saturated carbocycles. The minimum Gasteiger partial charge on any atom is -0.291 e. The Hall–Kier alpha value is -3.63. The van der Waals surface area contributed by atoms with Crippen molar-refractivity contribution in [2.24, 2.45) is 5.10 Å². The van der Waals surface area contributed by atoms with E-state index in [1.165, 1.54) is 5.56 Å². The lowest BCUT2D eigenvalue weighted by atomic mass is 9.69. The second kappa shape index (κ2) is 8.86. The third-order valence-corrected chi connectivity index (χ3v) is 8.16. The molecular weight excluding hydrogens is 448 g/mol. The summed E-state index contributed by atoms with van der Waals surface area (Å²) in [4.78, 5) is 15.8. The average molecular weight is 475 g/mol. The lowest BCUT2D eigenvalue weighted by Crippen LogP contribution is -2.54. The normalized spacial score (nSPS) is 21.5. The summed E-state index contributed by atoms with van der Waals surface area (Å²) < 4.78 is 0. The first-order valence-corrected chi connectivity index (χ1v) is 13.0. The zero-order valence-corrected chi connectivity index (χ0v) is 20.4. The van der Waals surface area contributed by atoms with Gasteiger partial charge in [0.05, 0.1) is 17.3 Å². The number of hydrogen-bond acceptors (Lipinski definition) is 4. The number of ketones is 1. The maximum atomic E-state index is 14.7. The number of carbonyl (C=O) groups is 1. The van der Waals surface area contributed by atoms with Crippen molar-refractivity contribution in [2.75, 3.05) is 10.8 Å². The zero-order chi connectivity index (χ0) is 23.8. The number of carbonyl (C=O) groups excluding carboxylic acids is 1. The van der Waals surface area contributed by atoms with Gasteiger partial charge < -0.3 is 0 Å². The third-order valence-electron chi connectivity index (χ3n) is 7.08. The van der Waals surface area contributed by atoms with Crippen LogP contribution in [-0.2, 0) is 0 Å². The minimum atomic E-state index is -0.860. The molecule has 0 amide bonds. The molecule has 4 aromatic carbocycles. The zero-order valence-electron chi connectivity index (χ0n) is 19.6. The second-order valence-electron chi connectivity index (χ2n) is 9.19. The summed E-state index contributed by atoms with van der Waals surface area (Å²) in [7, 11) is 0. The second-order valence-corrected chi connectivity index (χ2v) is 10.3. The van der Waals surface area contributed by atoms with Crippen LogP contribution in [0.1, 0.15) is 39.4 Å². The Labute approximate surface area is 210 Å². The van der Waals surface area contributed by atoms with Crippen molar-refractivity contribution in [2.45, 2.75) is 29.7 Å². The molecule has 0 unspecified atom stereocenters. The van der Waals surface area contributed by atoms with E-state index in [0.717, 1.165) is 38.7 Å². The van der Waals surface area contributed by atoms with Crippen molar-refractivity contribution in [1.82, 2.24) is 0 Å². The summed E-state index contributed by atoms with van der Waals surface area (Å²) in [5, 5.41) is 7.30. The van der Waals surface area contributed by atoms with Crippen molar-refractivity contribution in [3.63, 3.8) is 0 Å². The number of anilines is 1. The van der Waals surface area contributed by atoms with Gasteiger partial charge in [0.25, 0.3) is 0 Å². The fourth-order valence-electron chi connectivity index (χ4n) is 5.41. The van der Waals surface area contributed by atoms with Gasteiger partial charge in [0.1, 0.15) is 5.54 Å². The molecule has 6 rings (SSSR count). The summed E-state index contributed by atoms with van der Waals surface area (Å²) in [6, 6.07) is 37.1. The van der Waals surface area contributed by atoms with Gasteiger partial charge in [0, 0.05) is 16.2 Å². The first-order chi connectivity index (χ1) is 17.2. The molecule has 0 saturated heterocycles. The molecule has 0 fully saturated rings. The Balaban J connectivity index is 1.64. The number of benzene rings is 4. The van der Waals surface area contributed by atoms with Crippen LogP contribution in [0.2, 0.25) is 0 Å². The van der Waals surface area contributed by atoms with Crippen molar-refractivity contribution in [1.29, 1.82) is 0 Å². The Morgan fingerprint density at radius 1 is 0.829 bits per heavy atom. The van der Waals surface area contributed by atoms with E-state index in [4.69, 9.17) is 5.10 Å². The number of para-hydroxylation sites is 1. The SMILES string of the molecule is Cc1ccc([C@@H]2C(c3ccccc3)=NN(c3ccccc3)[C@]23CCSc2ccccc2C3=O)cc1. The van der Waals surface area contributed by atoms with E-state index in [1.807, 2.05) is 59.6 Å². The quantitative estimate of drug-likeness (QED) is 0.317. The van der Waals surface area contributed by atoms with Gasteiger partial charge >= 0.3 is 0 Å². The molecule has 172 valence electrons. The number of rotatable bonds is 3. The summed E-state index contributed by atoms with van der Waals surface area (Å²) in [5.41, 5.74) is 5.18. The highest BCUT2D eigenvalue weighted by Crippen LogP contribution is 2.51. The smallest absolute Gasteiger partial charge is 0.192 e. The van der Waals surface area contributed by atoms with E-state index < -0.39 is 5.54 Å².